The Morgan fingerprint density at radius 1 is 1.54 bits per heavy atom. The highest BCUT2D eigenvalue weighted by molar-refractivity contribution is 14.1. The first-order chi connectivity index (χ1) is 6.27. The highest BCUT2D eigenvalue weighted by Gasteiger charge is 2.01. The van der Waals surface area contributed by atoms with E-state index < -0.39 is 0 Å². The molecule has 0 unspecified atom stereocenters. The molecule has 0 radical (unpaired) electrons. The summed E-state index contributed by atoms with van der Waals surface area (Å²) in [5.74, 6) is 0.798. The highest BCUT2D eigenvalue weighted by atomic mass is 127. The van der Waals surface area contributed by atoms with E-state index in [1.165, 1.54) is 0 Å². The summed E-state index contributed by atoms with van der Waals surface area (Å²) in [5, 5.41) is 0. The van der Waals surface area contributed by atoms with E-state index in [0.29, 0.717) is 12.2 Å². The minimum atomic E-state index is 0.659. The van der Waals surface area contributed by atoms with Crippen molar-refractivity contribution in [3.05, 3.63) is 27.3 Å². The fraction of sp³-hybridized carbons (Fsp3) is 0.300. The number of ether oxygens (including phenoxy) is 1. The van der Waals surface area contributed by atoms with E-state index in [9.17, 15) is 4.79 Å². The predicted octanol–water partition coefficient (Wildman–Crippen LogP) is 2.89. The molecule has 1 aromatic rings. The maximum absolute atomic E-state index is 10.5. The molecule has 0 spiro atoms. The standard InChI is InChI=1S/C10H11IO2/c1-2-5-13-10-6-8(7-12)3-4-9(10)11/h3-4,6-7H,2,5H2,1H3. The van der Waals surface area contributed by atoms with Crippen LogP contribution in [-0.2, 0) is 0 Å². The number of carbonyl (C=O) groups is 1. The van der Waals surface area contributed by atoms with Gasteiger partial charge in [-0.2, -0.15) is 0 Å². The maximum Gasteiger partial charge on any atom is 0.150 e. The molecule has 0 atom stereocenters. The molecule has 1 rings (SSSR count). The number of halogens is 1. The molecule has 0 aliphatic heterocycles. The first kappa shape index (κ1) is 10.5. The molecule has 0 bridgehead atoms. The summed E-state index contributed by atoms with van der Waals surface area (Å²) in [6, 6.07) is 5.44. The molecule has 0 saturated carbocycles. The van der Waals surface area contributed by atoms with Crippen LogP contribution >= 0.6 is 22.6 Å². The summed E-state index contributed by atoms with van der Waals surface area (Å²) in [4.78, 5) is 10.5. The predicted molar refractivity (Wildman–Crippen MR) is 60.3 cm³/mol. The van der Waals surface area contributed by atoms with Crippen molar-refractivity contribution in [3.8, 4) is 5.75 Å². The largest absolute Gasteiger partial charge is 0.492 e. The van der Waals surface area contributed by atoms with Gasteiger partial charge in [0.05, 0.1) is 10.2 Å². The molecule has 2 nitrogen and oxygen atoms in total. The van der Waals surface area contributed by atoms with Crippen LogP contribution in [0.3, 0.4) is 0 Å². The number of aldehydes is 1. The van der Waals surface area contributed by atoms with E-state index in [0.717, 1.165) is 22.0 Å². The van der Waals surface area contributed by atoms with Gasteiger partial charge in [0, 0.05) is 5.56 Å². The zero-order valence-electron chi connectivity index (χ0n) is 7.42. The van der Waals surface area contributed by atoms with Crippen LogP contribution in [0.15, 0.2) is 18.2 Å². The topological polar surface area (TPSA) is 26.3 Å². The van der Waals surface area contributed by atoms with Crippen LogP contribution in [0.1, 0.15) is 23.7 Å². The molecule has 0 aromatic heterocycles. The Hall–Kier alpha value is -0.580. The zero-order chi connectivity index (χ0) is 9.68. The Morgan fingerprint density at radius 3 is 2.92 bits per heavy atom. The Kier molecular flexibility index (Phi) is 4.21. The fourth-order valence-electron chi connectivity index (χ4n) is 0.916. The molecule has 0 saturated heterocycles. The van der Waals surface area contributed by atoms with Crippen molar-refractivity contribution in [3.63, 3.8) is 0 Å². The summed E-state index contributed by atoms with van der Waals surface area (Å²) >= 11 is 2.19. The molecule has 0 fully saturated rings. The van der Waals surface area contributed by atoms with Crippen LogP contribution in [0, 0.1) is 3.57 Å². The normalized spacial score (nSPS) is 9.69. The van der Waals surface area contributed by atoms with Crippen LogP contribution in [0.25, 0.3) is 0 Å². The van der Waals surface area contributed by atoms with Crippen molar-refractivity contribution < 1.29 is 9.53 Å². The quantitative estimate of drug-likeness (QED) is 0.629. The van der Waals surface area contributed by atoms with Gasteiger partial charge in [-0.15, -0.1) is 0 Å². The van der Waals surface area contributed by atoms with Gasteiger partial charge in [0.2, 0.25) is 0 Å². The summed E-state index contributed by atoms with van der Waals surface area (Å²) < 4.78 is 6.50. The van der Waals surface area contributed by atoms with Gasteiger partial charge in [-0.3, -0.25) is 4.79 Å². The lowest BCUT2D eigenvalue weighted by atomic mass is 10.2. The van der Waals surface area contributed by atoms with Crippen molar-refractivity contribution in [2.24, 2.45) is 0 Å². The minimum absolute atomic E-state index is 0.659. The van der Waals surface area contributed by atoms with E-state index >= 15 is 0 Å². The summed E-state index contributed by atoms with van der Waals surface area (Å²) in [6.45, 7) is 2.74. The van der Waals surface area contributed by atoms with E-state index in [1.807, 2.05) is 6.07 Å². The Labute approximate surface area is 91.4 Å². The number of carbonyl (C=O) groups excluding carboxylic acids is 1. The minimum Gasteiger partial charge on any atom is -0.492 e. The van der Waals surface area contributed by atoms with E-state index in [1.54, 1.807) is 12.1 Å². The first-order valence-electron chi connectivity index (χ1n) is 4.15. The lowest BCUT2D eigenvalue weighted by Gasteiger charge is -2.06. The first-order valence-corrected chi connectivity index (χ1v) is 5.23. The molecule has 0 heterocycles. The highest BCUT2D eigenvalue weighted by Crippen LogP contribution is 2.21. The van der Waals surface area contributed by atoms with Crippen molar-refractivity contribution in [1.82, 2.24) is 0 Å². The average molecular weight is 290 g/mol. The van der Waals surface area contributed by atoms with Crippen LogP contribution in [0.2, 0.25) is 0 Å². The van der Waals surface area contributed by atoms with Crippen molar-refractivity contribution >= 4 is 28.9 Å². The molecule has 0 aliphatic rings. The van der Waals surface area contributed by atoms with Gasteiger partial charge in [-0.1, -0.05) is 13.0 Å². The second-order valence-electron chi connectivity index (χ2n) is 2.66. The van der Waals surface area contributed by atoms with Gasteiger partial charge >= 0.3 is 0 Å². The Balaban J connectivity index is 2.83. The molecule has 70 valence electrons. The lowest BCUT2D eigenvalue weighted by Crippen LogP contribution is -1.97. The molecule has 0 N–H and O–H groups in total. The van der Waals surface area contributed by atoms with Gasteiger partial charge in [-0.25, -0.2) is 0 Å². The SMILES string of the molecule is CCCOc1cc(C=O)ccc1I. The lowest BCUT2D eigenvalue weighted by molar-refractivity contribution is 0.112. The Morgan fingerprint density at radius 2 is 2.31 bits per heavy atom. The van der Waals surface area contributed by atoms with Gasteiger partial charge in [-0.05, 0) is 41.1 Å². The van der Waals surface area contributed by atoms with E-state index in [4.69, 9.17) is 4.74 Å². The molecule has 3 heteroatoms. The molecule has 1 aromatic carbocycles. The third kappa shape index (κ3) is 2.99. The summed E-state index contributed by atoms with van der Waals surface area (Å²) in [6.07, 6.45) is 1.80. The third-order valence-electron chi connectivity index (χ3n) is 1.55. The van der Waals surface area contributed by atoms with Crippen LogP contribution in [-0.4, -0.2) is 12.9 Å². The van der Waals surface area contributed by atoms with Crippen molar-refractivity contribution in [2.75, 3.05) is 6.61 Å². The van der Waals surface area contributed by atoms with Crippen molar-refractivity contribution in [1.29, 1.82) is 0 Å². The molecular weight excluding hydrogens is 279 g/mol. The van der Waals surface area contributed by atoms with Crippen LogP contribution in [0.5, 0.6) is 5.75 Å². The number of benzene rings is 1. The van der Waals surface area contributed by atoms with E-state index in [2.05, 4.69) is 29.5 Å². The number of hydrogen-bond acceptors (Lipinski definition) is 2. The fourth-order valence-corrected chi connectivity index (χ4v) is 1.41. The van der Waals surface area contributed by atoms with Crippen LogP contribution < -0.4 is 4.74 Å². The van der Waals surface area contributed by atoms with Gasteiger partial charge in [0.15, 0.2) is 0 Å². The second-order valence-corrected chi connectivity index (χ2v) is 3.82. The number of rotatable bonds is 4. The number of hydrogen-bond donors (Lipinski definition) is 0. The molecule has 0 aliphatic carbocycles. The molecule has 0 amide bonds. The second kappa shape index (κ2) is 5.21. The molecule has 13 heavy (non-hydrogen) atoms. The monoisotopic (exact) mass is 290 g/mol. The van der Waals surface area contributed by atoms with Crippen molar-refractivity contribution in [2.45, 2.75) is 13.3 Å². The van der Waals surface area contributed by atoms with Gasteiger partial charge in [0.25, 0.3) is 0 Å². The molecular formula is C10H11IO2. The smallest absolute Gasteiger partial charge is 0.150 e. The van der Waals surface area contributed by atoms with Gasteiger partial charge < -0.3 is 4.74 Å². The summed E-state index contributed by atoms with van der Waals surface area (Å²) in [5.41, 5.74) is 0.659. The summed E-state index contributed by atoms with van der Waals surface area (Å²) in [7, 11) is 0. The van der Waals surface area contributed by atoms with E-state index in [-0.39, 0.29) is 0 Å². The third-order valence-corrected chi connectivity index (χ3v) is 2.44. The zero-order valence-corrected chi connectivity index (χ0v) is 9.58. The van der Waals surface area contributed by atoms with Crippen LogP contribution in [0.4, 0.5) is 0 Å². The Bertz CT molecular complexity index is 297. The average Bonchev–Trinajstić information content (AvgIpc) is 2.17. The maximum atomic E-state index is 10.5. The van der Waals surface area contributed by atoms with Gasteiger partial charge in [0.1, 0.15) is 12.0 Å².